The van der Waals surface area contributed by atoms with Crippen molar-refractivity contribution < 1.29 is 4.79 Å². The molecule has 0 saturated carbocycles. The normalized spacial score (nSPS) is 19.9. The predicted octanol–water partition coefficient (Wildman–Crippen LogP) is 1.27. The molecule has 0 radical (unpaired) electrons. The van der Waals surface area contributed by atoms with Gasteiger partial charge in [0.2, 0.25) is 0 Å². The number of hydrogen-bond acceptors (Lipinski definition) is 3. The highest BCUT2D eigenvalue weighted by Crippen LogP contribution is 2.24. The fourth-order valence-corrected chi connectivity index (χ4v) is 2.97. The van der Waals surface area contributed by atoms with Crippen molar-refractivity contribution in [3.05, 3.63) is 42.2 Å². The molecule has 21 heavy (non-hydrogen) atoms. The van der Waals surface area contributed by atoms with Crippen LogP contribution in [0.2, 0.25) is 0 Å². The standard InChI is InChI=1S/C15H21N5O/c1-3-19-8-9-20(15(21)12-4-5-16-10-12)11-13(19)14-17-6-7-18(14)2/h4-7,10,13,16H,3,8-9,11H2,1-2H3/t13-/m1/s1. The molecular formula is C15H21N5O. The zero-order valence-corrected chi connectivity index (χ0v) is 12.5. The Morgan fingerprint density at radius 2 is 2.33 bits per heavy atom. The highest BCUT2D eigenvalue weighted by molar-refractivity contribution is 5.94. The van der Waals surface area contributed by atoms with Crippen LogP contribution in [0, 0.1) is 0 Å². The first-order valence-corrected chi connectivity index (χ1v) is 7.34. The van der Waals surface area contributed by atoms with Gasteiger partial charge >= 0.3 is 0 Å². The summed E-state index contributed by atoms with van der Waals surface area (Å²) < 4.78 is 2.04. The van der Waals surface area contributed by atoms with Crippen molar-refractivity contribution >= 4 is 5.91 Å². The van der Waals surface area contributed by atoms with Crippen molar-refractivity contribution in [2.24, 2.45) is 7.05 Å². The molecule has 6 heteroatoms. The molecule has 1 atom stereocenters. The maximum absolute atomic E-state index is 12.5. The van der Waals surface area contributed by atoms with Crippen LogP contribution in [0.25, 0.3) is 0 Å². The topological polar surface area (TPSA) is 57.2 Å². The van der Waals surface area contributed by atoms with E-state index in [9.17, 15) is 4.79 Å². The van der Waals surface area contributed by atoms with Crippen molar-refractivity contribution in [2.75, 3.05) is 26.2 Å². The van der Waals surface area contributed by atoms with Crippen molar-refractivity contribution in [2.45, 2.75) is 13.0 Å². The van der Waals surface area contributed by atoms with Gasteiger partial charge in [-0.1, -0.05) is 6.92 Å². The van der Waals surface area contributed by atoms with Crippen LogP contribution >= 0.6 is 0 Å². The number of carbonyl (C=O) groups excluding carboxylic acids is 1. The average molecular weight is 287 g/mol. The molecule has 0 unspecified atom stereocenters. The number of carbonyl (C=O) groups is 1. The van der Waals surface area contributed by atoms with Crippen molar-refractivity contribution in [3.63, 3.8) is 0 Å². The molecular weight excluding hydrogens is 266 g/mol. The Labute approximate surface area is 124 Å². The second kappa shape index (κ2) is 5.73. The number of aryl methyl sites for hydroxylation is 1. The van der Waals surface area contributed by atoms with E-state index in [0.29, 0.717) is 6.54 Å². The molecule has 1 N–H and O–H groups in total. The number of nitrogens with one attached hydrogen (secondary N) is 1. The first kappa shape index (κ1) is 13.9. The van der Waals surface area contributed by atoms with Gasteiger partial charge in [0.1, 0.15) is 5.82 Å². The summed E-state index contributed by atoms with van der Waals surface area (Å²) in [5.74, 6) is 1.11. The lowest BCUT2D eigenvalue weighted by atomic mass is 10.1. The summed E-state index contributed by atoms with van der Waals surface area (Å²) in [7, 11) is 2.00. The minimum absolute atomic E-state index is 0.0891. The van der Waals surface area contributed by atoms with Crippen molar-refractivity contribution in [3.8, 4) is 0 Å². The molecule has 1 saturated heterocycles. The Balaban J connectivity index is 1.81. The molecule has 3 heterocycles. The Morgan fingerprint density at radius 3 is 2.95 bits per heavy atom. The van der Waals surface area contributed by atoms with Crippen LogP contribution in [-0.2, 0) is 7.05 Å². The van der Waals surface area contributed by atoms with Crippen LogP contribution in [-0.4, -0.2) is 56.4 Å². The van der Waals surface area contributed by atoms with Crippen molar-refractivity contribution in [1.82, 2.24) is 24.3 Å². The van der Waals surface area contributed by atoms with E-state index >= 15 is 0 Å². The van der Waals surface area contributed by atoms with Crippen LogP contribution in [0.5, 0.6) is 0 Å². The van der Waals surface area contributed by atoms with E-state index in [4.69, 9.17) is 0 Å². The molecule has 0 aliphatic carbocycles. The third-order valence-electron chi connectivity index (χ3n) is 4.19. The summed E-state index contributed by atoms with van der Waals surface area (Å²) in [6.07, 6.45) is 7.31. The molecule has 1 aliphatic rings. The zero-order chi connectivity index (χ0) is 14.8. The molecule has 0 spiro atoms. The summed E-state index contributed by atoms with van der Waals surface area (Å²) in [6, 6.07) is 1.98. The highest BCUT2D eigenvalue weighted by atomic mass is 16.2. The van der Waals surface area contributed by atoms with Gasteiger partial charge in [-0.3, -0.25) is 9.69 Å². The molecule has 2 aromatic rings. The van der Waals surface area contributed by atoms with Gasteiger partial charge in [0.25, 0.3) is 5.91 Å². The Kier molecular flexibility index (Phi) is 3.79. The van der Waals surface area contributed by atoms with E-state index in [-0.39, 0.29) is 11.9 Å². The maximum Gasteiger partial charge on any atom is 0.255 e. The van der Waals surface area contributed by atoms with Crippen molar-refractivity contribution in [1.29, 1.82) is 0 Å². The van der Waals surface area contributed by atoms with Gasteiger partial charge in [-0.25, -0.2) is 4.98 Å². The number of amides is 1. The number of aromatic amines is 1. The smallest absolute Gasteiger partial charge is 0.255 e. The number of nitrogens with zero attached hydrogens (tertiary/aromatic N) is 4. The zero-order valence-electron chi connectivity index (χ0n) is 12.5. The Bertz CT molecular complexity index is 603. The number of aromatic nitrogens is 3. The Morgan fingerprint density at radius 1 is 1.48 bits per heavy atom. The SMILES string of the molecule is CCN1CCN(C(=O)c2cc[nH]c2)C[C@@H]1c1nccn1C. The van der Waals surface area contributed by atoms with Gasteiger partial charge in [-0.15, -0.1) is 0 Å². The maximum atomic E-state index is 12.5. The summed E-state index contributed by atoms with van der Waals surface area (Å²) in [5, 5.41) is 0. The summed E-state index contributed by atoms with van der Waals surface area (Å²) in [6.45, 7) is 5.44. The van der Waals surface area contributed by atoms with E-state index in [1.165, 1.54) is 0 Å². The van der Waals surface area contributed by atoms with Gasteiger partial charge in [0.15, 0.2) is 0 Å². The Hall–Kier alpha value is -2.08. The van der Waals surface area contributed by atoms with Crippen LogP contribution < -0.4 is 0 Å². The second-order valence-corrected chi connectivity index (χ2v) is 5.39. The van der Waals surface area contributed by atoms with E-state index in [1.807, 2.05) is 35.0 Å². The molecule has 1 fully saturated rings. The van der Waals surface area contributed by atoms with Gasteiger partial charge in [-0.2, -0.15) is 0 Å². The third kappa shape index (κ3) is 2.58. The lowest BCUT2D eigenvalue weighted by Gasteiger charge is -2.40. The minimum atomic E-state index is 0.0891. The number of imidazole rings is 1. The number of H-pyrrole nitrogens is 1. The third-order valence-corrected chi connectivity index (χ3v) is 4.19. The minimum Gasteiger partial charge on any atom is -0.367 e. The van der Waals surface area contributed by atoms with Crippen LogP contribution in [0.4, 0.5) is 0 Å². The van der Waals surface area contributed by atoms with Crippen LogP contribution in [0.15, 0.2) is 30.9 Å². The fraction of sp³-hybridized carbons (Fsp3) is 0.467. The highest BCUT2D eigenvalue weighted by Gasteiger charge is 2.32. The number of piperazine rings is 1. The van der Waals surface area contributed by atoms with Gasteiger partial charge in [0, 0.05) is 51.5 Å². The van der Waals surface area contributed by atoms with Gasteiger partial charge < -0.3 is 14.5 Å². The van der Waals surface area contributed by atoms with Gasteiger partial charge in [-0.05, 0) is 12.6 Å². The molecule has 1 aliphatic heterocycles. The molecule has 0 aromatic carbocycles. The first-order valence-electron chi connectivity index (χ1n) is 7.34. The van der Waals surface area contributed by atoms with E-state index in [2.05, 4.69) is 21.8 Å². The summed E-state index contributed by atoms with van der Waals surface area (Å²) in [4.78, 5) is 24.2. The van der Waals surface area contributed by atoms with Gasteiger partial charge in [0.05, 0.1) is 11.6 Å². The molecule has 112 valence electrons. The second-order valence-electron chi connectivity index (χ2n) is 5.39. The molecule has 3 rings (SSSR count). The molecule has 2 aromatic heterocycles. The quantitative estimate of drug-likeness (QED) is 0.925. The number of hydrogen-bond donors (Lipinski definition) is 1. The largest absolute Gasteiger partial charge is 0.367 e. The fourth-order valence-electron chi connectivity index (χ4n) is 2.97. The summed E-state index contributed by atoms with van der Waals surface area (Å²) >= 11 is 0. The van der Waals surface area contributed by atoms with Crippen LogP contribution in [0.1, 0.15) is 29.1 Å². The van der Waals surface area contributed by atoms with Crippen LogP contribution in [0.3, 0.4) is 0 Å². The van der Waals surface area contributed by atoms with E-state index in [0.717, 1.165) is 31.0 Å². The monoisotopic (exact) mass is 287 g/mol. The van der Waals surface area contributed by atoms with E-state index in [1.54, 1.807) is 12.4 Å². The lowest BCUT2D eigenvalue weighted by molar-refractivity contribution is 0.0473. The molecule has 0 bridgehead atoms. The molecule has 1 amide bonds. The predicted molar refractivity (Wildman–Crippen MR) is 79.9 cm³/mol. The lowest BCUT2D eigenvalue weighted by Crippen LogP contribution is -2.50. The molecule has 6 nitrogen and oxygen atoms in total. The average Bonchev–Trinajstić information content (AvgIpc) is 3.17. The van der Waals surface area contributed by atoms with E-state index < -0.39 is 0 Å². The summed E-state index contributed by atoms with van der Waals surface area (Å²) in [5.41, 5.74) is 0.721. The first-order chi connectivity index (χ1) is 10.2. The number of likely N-dealkylation sites (N-methyl/N-ethyl adjacent to an activating group) is 1. The number of rotatable bonds is 3.